The zero-order chi connectivity index (χ0) is 20.2. The molecule has 0 aromatic heterocycles. The van der Waals surface area contributed by atoms with Crippen LogP contribution in [0.4, 0.5) is 26.3 Å². The number of alkyl halides is 6. The largest absolute Gasteiger partial charge is 0.507 e. The van der Waals surface area contributed by atoms with Crippen LogP contribution in [0.5, 0.6) is 5.75 Å². The van der Waals surface area contributed by atoms with Gasteiger partial charge >= 0.3 is 12.4 Å². The lowest BCUT2D eigenvalue weighted by molar-refractivity contribution is -0.376. The molecule has 0 bridgehead atoms. The van der Waals surface area contributed by atoms with Crippen LogP contribution in [0.3, 0.4) is 0 Å². The molecular weight excluding hydrogens is 350 g/mol. The molecule has 2 N–H and O–H groups in total. The zero-order valence-electron chi connectivity index (χ0n) is 14.8. The van der Waals surface area contributed by atoms with Crippen molar-refractivity contribution < 1.29 is 36.6 Å². The van der Waals surface area contributed by atoms with Crippen LogP contribution in [0.25, 0.3) is 0 Å². The van der Waals surface area contributed by atoms with Crippen molar-refractivity contribution in [3.8, 4) is 5.75 Å². The quantitative estimate of drug-likeness (QED) is 0.657. The van der Waals surface area contributed by atoms with Crippen molar-refractivity contribution in [3.05, 3.63) is 28.8 Å². The summed E-state index contributed by atoms with van der Waals surface area (Å²) in [4.78, 5) is 0. The smallest absolute Gasteiger partial charge is 0.430 e. The van der Waals surface area contributed by atoms with Crippen molar-refractivity contribution in [1.82, 2.24) is 0 Å². The fourth-order valence-corrected chi connectivity index (χ4v) is 2.38. The molecule has 0 aliphatic carbocycles. The number of phenols is 1. The summed E-state index contributed by atoms with van der Waals surface area (Å²) >= 11 is 0. The first-order valence-corrected chi connectivity index (χ1v) is 7.49. The van der Waals surface area contributed by atoms with Crippen LogP contribution in [0, 0.1) is 0 Å². The molecule has 0 spiro atoms. The number of benzene rings is 1. The second-order valence-corrected chi connectivity index (χ2v) is 8.13. The van der Waals surface area contributed by atoms with Gasteiger partial charge in [-0.25, -0.2) is 0 Å². The van der Waals surface area contributed by atoms with Gasteiger partial charge in [0.1, 0.15) is 5.75 Å². The second kappa shape index (κ2) is 5.79. The van der Waals surface area contributed by atoms with Crippen LogP contribution in [-0.2, 0) is 16.4 Å². The molecule has 2 nitrogen and oxygen atoms in total. The van der Waals surface area contributed by atoms with Gasteiger partial charge in [0, 0.05) is 5.56 Å². The van der Waals surface area contributed by atoms with Crippen molar-refractivity contribution in [1.29, 1.82) is 0 Å². The highest BCUT2D eigenvalue weighted by Gasteiger charge is 2.72. The van der Waals surface area contributed by atoms with Gasteiger partial charge in [0.2, 0.25) is 0 Å². The van der Waals surface area contributed by atoms with E-state index in [9.17, 15) is 36.6 Å². The van der Waals surface area contributed by atoms with E-state index in [-0.39, 0.29) is 11.1 Å². The van der Waals surface area contributed by atoms with Gasteiger partial charge in [-0.05, 0) is 28.0 Å². The summed E-state index contributed by atoms with van der Waals surface area (Å²) in [5, 5.41) is 19.9. The predicted octanol–water partition coefficient (Wildman–Crippen LogP) is 5.30. The third kappa shape index (κ3) is 3.73. The van der Waals surface area contributed by atoms with Gasteiger partial charge < -0.3 is 10.2 Å². The first-order chi connectivity index (χ1) is 10.7. The van der Waals surface area contributed by atoms with Crippen LogP contribution in [0.1, 0.15) is 58.2 Å². The highest BCUT2D eigenvalue weighted by Crippen LogP contribution is 2.54. The third-order valence-corrected chi connectivity index (χ3v) is 3.99. The molecule has 0 radical (unpaired) electrons. The molecule has 0 aliphatic rings. The van der Waals surface area contributed by atoms with E-state index >= 15 is 0 Å². The normalized spacial score (nSPS) is 14.8. The first kappa shape index (κ1) is 21.6. The predicted molar refractivity (Wildman–Crippen MR) is 81.5 cm³/mol. The molecule has 0 fully saturated rings. The Bertz CT molecular complexity index is 631. The molecule has 0 saturated heterocycles. The molecule has 0 unspecified atom stereocenters. The summed E-state index contributed by atoms with van der Waals surface area (Å²) in [7, 11) is 0. The van der Waals surface area contributed by atoms with Gasteiger partial charge in [-0.2, -0.15) is 26.3 Å². The van der Waals surface area contributed by atoms with E-state index in [4.69, 9.17) is 0 Å². The third-order valence-electron chi connectivity index (χ3n) is 3.99. The summed E-state index contributed by atoms with van der Waals surface area (Å²) in [6, 6.07) is 1.94. The average Bonchev–Trinajstić information content (AvgIpc) is 2.32. The molecule has 8 heteroatoms. The minimum absolute atomic E-state index is 0.109. The highest BCUT2D eigenvalue weighted by atomic mass is 19.4. The Balaban J connectivity index is 4.03. The molecule has 25 heavy (non-hydrogen) atoms. The minimum Gasteiger partial charge on any atom is -0.507 e. The SMILES string of the molecule is CC(C)(C)c1cc(C(C)(C)C)c(O)c(C(O)(C(F)(F)F)C(F)(F)F)c1. The van der Waals surface area contributed by atoms with Gasteiger partial charge in [0.05, 0.1) is 0 Å². The van der Waals surface area contributed by atoms with E-state index in [2.05, 4.69) is 0 Å². The highest BCUT2D eigenvalue weighted by molar-refractivity contribution is 5.52. The summed E-state index contributed by atoms with van der Waals surface area (Å²) in [6.07, 6.45) is -12.1. The van der Waals surface area contributed by atoms with Crippen molar-refractivity contribution in [2.75, 3.05) is 0 Å². The maximum absolute atomic E-state index is 13.2. The number of hydrogen-bond acceptors (Lipinski definition) is 2. The zero-order valence-corrected chi connectivity index (χ0v) is 14.8. The first-order valence-electron chi connectivity index (χ1n) is 7.49. The molecule has 1 rings (SSSR count). The number of halogens is 6. The number of aromatic hydroxyl groups is 1. The Morgan fingerprint density at radius 3 is 1.32 bits per heavy atom. The van der Waals surface area contributed by atoms with E-state index in [1.54, 1.807) is 41.5 Å². The van der Waals surface area contributed by atoms with E-state index in [1.807, 2.05) is 0 Å². The summed E-state index contributed by atoms with van der Waals surface area (Å²) in [5.41, 5.74) is -8.51. The standard InChI is InChI=1S/C17H22F6O2/c1-13(2,3)9-7-10(14(4,5)6)12(24)11(8-9)15(25,16(18,19)20)17(21,22)23/h7-8,24-25H,1-6H3. The number of hydrogen-bond donors (Lipinski definition) is 2. The molecule has 0 atom stereocenters. The molecule has 1 aromatic carbocycles. The Morgan fingerprint density at radius 2 is 1.04 bits per heavy atom. The number of aliphatic hydroxyl groups is 1. The van der Waals surface area contributed by atoms with Gasteiger partial charge in [-0.15, -0.1) is 0 Å². The molecule has 0 saturated carbocycles. The van der Waals surface area contributed by atoms with E-state index in [1.165, 1.54) is 6.07 Å². The molecule has 1 aromatic rings. The van der Waals surface area contributed by atoms with E-state index < -0.39 is 40.1 Å². The minimum atomic E-state index is -6.06. The Kier molecular flexibility index (Phi) is 5.00. The molecule has 0 heterocycles. The van der Waals surface area contributed by atoms with Crippen LogP contribution in [-0.4, -0.2) is 22.6 Å². The van der Waals surface area contributed by atoms with Gasteiger partial charge in [-0.1, -0.05) is 47.6 Å². The molecule has 144 valence electrons. The Morgan fingerprint density at radius 1 is 0.680 bits per heavy atom. The van der Waals surface area contributed by atoms with E-state index in [0.717, 1.165) is 0 Å². The maximum Gasteiger partial charge on any atom is 0.430 e. The van der Waals surface area contributed by atoms with Crippen LogP contribution >= 0.6 is 0 Å². The second-order valence-electron chi connectivity index (χ2n) is 8.13. The molecule has 0 amide bonds. The average molecular weight is 372 g/mol. The summed E-state index contributed by atoms with van der Waals surface area (Å²) < 4.78 is 79.4. The van der Waals surface area contributed by atoms with Gasteiger partial charge in [0.15, 0.2) is 0 Å². The molecular formula is C17H22F6O2. The lowest BCUT2D eigenvalue weighted by Crippen LogP contribution is -2.54. The molecule has 0 aliphatic heterocycles. The van der Waals surface area contributed by atoms with Crippen LogP contribution < -0.4 is 0 Å². The van der Waals surface area contributed by atoms with E-state index in [0.29, 0.717) is 6.07 Å². The maximum atomic E-state index is 13.2. The van der Waals surface area contributed by atoms with Crippen molar-refractivity contribution >= 4 is 0 Å². The van der Waals surface area contributed by atoms with Crippen LogP contribution in [0.2, 0.25) is 0 Å². The fraction of sp³-hybridized carbons (Fsp3) is 0.647. The van der Waals surface area contributed by atoms with Crippen molar-refractivity contribution in [2.24, 2.45) is 0 Å². The van der Waals surface area contributed by atoms with Gasteiger partial charge in [0.25, 0.3) is 5.60 Å². The lowest BCUT2D eigenvalue weighted by Gasteiger charge is -2.36. The summed E-state index contributed by atoms with van der Waals surface area (Å²) in [6.45, 7) is 9.44. The summed E-state index contributed by atoms with van der Waals surface area (Å²) in [5.74, 6) is -1.21. The lowest BCUT2D eigenvalue weighted by atomic mass is 9.76. The monoisotopic (exact) mass is 372 g/mol. The number of rotatable bonds is 1. The topological polar surface area (TPSA) is 40.5 Å². The Hall–Kier alpha value is -1.44. The fourth-order valence-electron chi connectivity index (χ4n) is 2.38. The van der Waals surface area contributed by atoms with Crippen molar-refractivity contribution in [3.63, 3.8) is 0 Å². The number of phenolic OH excluding ortho intramolecular Hbond substituents is 1. The Labute approximate surface area is 142 Å². The van der Waals surface area contributed by atoms with Crippen LogP contribution in [0.15, 0.2) is 12.1 Å². The van der Waals surface area contributed by atoms with Gasteiger partial charge in [-0.3, -0.25) is 0 Å². The van der Waals surface area contributed by atoms with Crippen molar-refractivity contribution in [2.45, 2.75) is 70.3 Å².